The molecule has 0 fully saturated rings. The lowest BCUT2D eigenvalue weighted by atomic mass is 10.1. The van der Waals surface area contributed by atoms with E-state index in [0.717, 1.165) is 12.2 Å². The first-order chi connectivity index (χ1) is 4.83. The lowest BCUT2D eigenvalue weighted by Gasteiger charge is -2.02. The van der Waals surface area contributed by atoms with E-state index >= 15 is 0 Å². The topological polar surface area (TPSA) is 12.9 Å². The van der Waals surface area contributed by atoms with Crippen LogP contribution in [-0.2, 0) is 6.42 Å². The molecule has 0 saturated heterocycles. The minimum atomic E-state index is 0.648. The highest BCUT2D eigenvalue weighted by atomic mass is 32.1. The molecule has 0 aliphatic carbocycles. The van der Waals surface area contributed by atoms with E-state index in [1.807, 2.05) is 11.6 Å². The number of nitrogens with zero attached hydrogens (tertiary/aromatic N) is 1. The van der Waals surface area contributed by atoms with Crippen LogP contribution in [0.15, 0.2) is 11.6 Å². The molecule has 0 bridgehead atoms. The van der Waals surface area contributed by atoms with Gasteiger partial charge >= 0.3 is 0 Å². The summed E-state index contributed by atoms with van der Waals surface area (Å²) in [5, 5.41) is 3.24. The van der Waals surface area contributed by atoms with Gasteiger partial charge in [-0.05, 0) is 11.7 Å². The van der Waals surface area contributed by atoms with Crippen molar-refractivity contribution in [2.75, 3.05) is 5.75 Å². The zero-order valence-electron chi connectivity index (χ0n) is 5.95. The average Bonchev–Trinajstić information content (AvgIpc) is 2.40. The number of hydrogen-bond acceptors (Lipinski definition) is 3. The molecule has 0 radical (unpaired) electrons. The molecular formula is C7H11NS2. The van der Waals surface area contributed by atoms with E-state index in [-0.39, 0.29) is 0 Å². The minimum absolute atomic E-state index is 0.648. The van der Waals surface area contributed by atoms with Gasteiger partial charge in [0, 0.05) is 18.0 Å². The Morgan fingerprint density at radius 2 is 2.60 bits per heavy atom. The zero-order valence-corrected chi connectivity index (χ0v) is 7.66. The van der Waals surface area contributed by atoms with Gasteiger partial charge in [0.1, 0.15) is 0 Å². The van der Waals surface area contributed by atoms with Crippen LogP contribution in [0.1, 0.15) is 11.9 Å². The fraction of sp³-hybridized carbons (Fsp3) is 0.571. The fourth-order valence-corrected chi connectivity index (χ4v) is 1.63. The maximum Gasteiger partial charge on any atom is 0.0927 e. The molecule has 1 aromatic rings. The van der Waals surface area contributed by atoms with E-state index in [2.05, 4.69) is 24.5 Å². The Morgan fingerprint density at radius 1 is 1.80 bits per heavy atom. The van der Waals surface area contributed by atoms with Crippen LogP contribution in [-0.4, -0.2) is 10.7 Å². The number of hydrogen-bond donors (Lipinski definition) is 1. The molecule has 1 heterocycles. The monoisotopic (exact) mass is 173 g/mol. The molecule has 0 saturated carbocycles. The lowest BCUT2D eigenvalue weighted by Crippen LogP contribution is -1.99. The SMILES string of the molecule is C[C@@H](CS)Cc1nccs1. The third-order valence-electron chi connectivity index (χ3n) is 1.32. The highest BCUT2D eigenvalue weighted by Crippen LogP contribution is 2.11. The largest absolute Gasteiger partial charge is 0.250 e. The van der Waals surface area contributed by atoms with Crippen molar-refractivity contribution in [2.45, 2.75) is 13.3 Å². The molecule has 0 aromatic carbocycles. The Bertz CT molecular complexity index is 172. The van der Waals surface area contributed by atoms with Gasteiger partial charge in [0.25, 0.3) is 0 Å². The number of thiol groups is 1. The van der Waals surface area contributed by atoms with Crippen LogP contribution >= 0.6 is 24.0 Å². The molecule has 1 aromatic heterocycles. The van der Waals surface area contributed by atoms with Crippen molar-refractivity contribution in [3.8, 4) is 0 Å². The van der Waals surface area contributed by atoms with Gasteiger partial charge in [-0.3, -0.25) is 0 Å². The molecule has 1 rings (SSSR count). The Morgan fingerprint density at radius 3 is 3.10 bits per heavy atom. The zero-order chi connectivity index (χ0) is 7.40. The average molecular weight is 173 g/mol. The summed E-state index contributed by atoms with van der Waals surface area (Å²) in [6, 6.07) is 0. The van der Waals surface area contributed by atoms with Crippen LogP contribution < -0.4 is 0 Å². The van der Waals surface area contributed by atoms with Gasteiger partial charge < -0.3 is 0 Å². The van der Waals surface area contributed by atoms with E-state index in [0.29, 0.717) is 5.92 Å². The molecule has 0 N–H and O–H groups in total. The summed E-state index contributed by atoms with van der Waals surface area (Å²) in [5.74, 6) is 1.59. The van der Waals surface area contributed by atoms with E-state index in [9.17, 15) is 0 Å². The predicted octanol–water partition coefficient (Wildman–Crippen LogP) is 2.25. The van der Waals surface area contributed by atoms with Crippen molar-refractivity contribution in [3.05, 3.63) is 16.6 Å². The summed E-state index contributed by atoms with van der Waals surface area (Å²) in [6.07, 6.45) is 2.92. The summed E-state index contributed by atoms with van der Waals surface area (Å²) in [5.41, 5.74) is 0. The molecule has 0 spiro atoms. The number of aromatic nitrogens is 1. The molecule has 1 atom stereocenters. The summed E-state index contributed by atoms with van der Waals surface area (Å²) in [4.78, 5) is 4.19. The standard InChI is InChI=1S/C7H11NS2/c1-6(5-9)4-7-8-2-3-10-7/h2-3,6,9H,4-5H2,1H3/t6-/m1/s1. The van der Waals surface area contributed by atoms with Gasteiger partial charge in [-0.2, -0.15) is 12.6 Å². The Kier molecular flexibility index (Phi) is 3.22. The smallest absolute Gasteiger partial charge is 0.0927 e. The molecule has 10 heavy (non-hydrogen) atoms. The van der Waals surface area contributed by atoms with Crippen LogP contribution in [0.25, 0.3) is 0 Å². The van der Waals surface area contributed by atoms with Crippen LogP contribution in [0.3, 0.4) is 0 Å². The van der Waals surface area contributed by atoms with Crippen molar-refractivity contribution >= 4 is 24.0 Å². The van der Waals surface area contributed by atoms with Gasteiger partial charge in [-0.1, -0.05) is 6.92 Å². The Hall–Kier alpha value is -0.0200. The second kappa shape index (κ2) is 3.98. The first-order valence-corrected chi connectivity index (χ1v) is 4.83. The van der Waals surface area contributed by atoms with Crippen LogP contribution in [0.4, 0.5) is 0 Å². The van der Waals surface area contributed by atoms with Crippen LogP contribution in [0, 0.1) is 5.92 Å². The normalized spacial score (nSPS) is 13.4. The summed E-state index contributed by atoms with van der Waals surface area (Å²) < 4.78 is 0. The van der Waals surface area contributed by atoms with Crippen molar-refractivity contribution in [1.82, 2.24) is 4.98 Å². The molecule has 0 aliphatic heterocycles. The van der Waals surface area contributed by atoms with E-state index in [1.165, 1.54) is 5.01 Å². The second-order valence-electron chi connectivity index (χ2n) is 2.42. The van der Waals surface area contributed by atoms with Gasteiger partial charge in [0.2, 0.25) is 0 Å². The van der Waals surface area contributed by atoms with Crippen molar-refractivity contribution in [1.29, 1.82) is 0 Å². The van der Waals surface area contributed by atoms with Crippen molar-refractivity contribution in [3.63, 3.8) is 0 Å². The maximum atomic E-state index is 4.20. The first-order valence-electron chi connectivity index (χ1n) is 3.32. The molecule has 3 heteroatoms. The third-order valence-corrected chi connectivity index (χ3v) is 2.74. The molecule has 0 unspecified atom stereocenters. The van der Waals surface area contributed by atoms with Gasteiger partial charge in [0.15, 0.2) is 0 Å². The summed E-state index contributed by atoms with van der Waals surface area (Å²) >= 11 is 5.93. The van der Waals surface area contributed by atoms with E-state index < -0.39 is 0 Å². The maximum absolute atomic E-state index is 4.20. The lowest BCUT2D eigenvalue weighted by molar-refractivity contribution is 0.657. The van der Waals surface area contributed by atoms with Crippen molar-refractivity contribution in [2.24, 2.45) is 5.92 Å². The van der Waals surface area contributed by atoms with Gasteiger partial charge in [-0.25, -0.2) is 4.98 Å². The highest BCUT2D eigenvalue weighted by molar-refractivity contribution is 7.80. The molecule has 0 aliphatic rings. The second-order valence-corrected chi connectivity index (χ2v) is 3.76. The summed E-state index contributed by atoms with van der Waals surface area (Å²) in [7, 11) is 0. The van der Waals surface area contributed by atoms with Crippen LogP contribution in [0.5, 0.6) is 0 Å². The van der Waals surface area contributed by atoms with E-state index in [4.69, 9.17) is 0 Å². The third kappa shape index (κ3) is 2.31. The van der Waals surface area contributed by atoms with Crippen molar-refractivity contribution < 1.29 is 0 Å². The minimum Gasteiger partial charge on any atom is -0.250 e. The molecule has 56 valence electrons. The quantitative estimate of drug-likeness (QED) is 0.692. The van der Waals surface area contributed by atoms with Gasteiger partial charge in [0.05, 0.1) is 5.01 Å². The Balaban J connectivity index is 2.40. The highest BCUT2D eigenvalue weighted by Gasteiger charge is 2.01. The molecular weight excluding hydrogens is 162 g/mol. The predicted molar refractivity (Wildman–Crippen MR) is 48.8 cm³/mol. The molecule has 1 nitrogen and oxygen atoms in total. The number of rotatable bonds is 3. The van der Waals surface area contributed by atoms with E-state index in [1.54, 1.807) is 11.3 Å². The number of thiazole rings is 1. The Labute approximate surface area is 70.9 Å². The molecule has 0 amide bonds. The van der Waals surface area contributed by atoms with Gasteiger partial charge in [-0.15, -0.1) is 11.3 Å². The van der Waals surface area contributed by atoms with Crippen LogP contribution in [0.2, 0.25) is 0 Å². The first kappa shape index (κ1) is 8.08. The fourth-order valence-electron chi connectivity index (χ4n) is 0.716. The summed E-state index contributed by atoms with van der Waals surface area (Å²) in [6.45, 7) is 2.19.